The third-order valence-corrected chi connectivity index (χ3v) is 9.82. The average molecular weight is 540 g/mol. The molecule has 0 N–H and O–H groups in total. The molecule has 0 bridgehead atoms. The van der Waals surface area contributed by atoms with Crippen molar-refractivity contribution < 1.29 is 27.4 Å². The lowest BCUT2D eigenvalue weighted by molar-refractivity contribution is -0.138. The molecule has 0 unspecified atom stereocenters. The highest BCUT2D eigenvalue weighted by atomic mass is 32.2. The second-order valence-electron chi connectivity index (χ2n) is 10.3. The van der Waals surface area contributed by atoms with E-state index >= 15 is 0 Å². The summed E-state index contributed by atoms with van der Waals surface area (Å²) in [7, 11) is 1.23. The van der Waals surface area contributed by atoms with Crippen LogP contribution in [-0.2, 0) is 24.3 Å². The number of ether oxygens (including phenoxy) is 3. The minimum atomic E-state index is -3.69. The second kappa shape index (κ2) is 13.9. The fourth-order valence-electron chi connectivity index (χ4n) is 5.32. The molecule has 1 saturated carbocycles. The van der Waals surface area contributed by atoms with Crippen LogP contribution in [0, 0.1) is 13.8 Å². The predicted octanol–water partition coefficient (Wildman–Crippen LogP) is 2.83. The first kappa shape index (κ1) is 29.8. The Labute approximate surface area is 223 Å². The van der Waals surface area contributed by atoms with E-state index in [2.05, 4.69) is 4.90 Å². The molecule has 0 radical (unpaired) electrons. The van der Waals surface area contributed by atoms with Gasteiger partial charge in [-0.3, -0.25) is 4.79 Å². The van der Waals surface area contributed by atoms with E-state index in [9.17, 15) is 13.2 Å². The first-order chi connectivity index (χ1) is 17.6. The number of benzene rings is 1. The van der Waals surface area contributed by atoms with Gasteiger partial charge >= 0.3 is 0 Å². The van der Waals surface area contributed by atoms with E-state index in [-0.39, 0.29) is 42.7 Å². The summed E-state index contributed by atoms with van der Waals surface area (Å²) in [5, 5.41) is 0. The van der Waals surface area contributed by atoms with Crippen molar-refractivity contribution in [3.8, 4) is 5.75 Å². The normalized spacial score (nSPS) is 20.9. The molecule has 210 valence electrons. The van der Waals surface area contributed by atoms with Gasteiger partial charge in [-0.15, -0.1) is 0 Å². The number of likely N-dealkylation sites (tertiary alicyclic amines) is 1. The summed E-state index contributed by atoms with van der Waals surface area (Å²) in [5.41, 5.74) is 1.27. The van der Waals surface area contributed by atoms with Gasteiger partial charge in [0.25, 0.3) is 0 Å². The van der Waals surface area contributed by atoms with Crippen LogP contribution in [-0.4, -0.2) is 108 Å². The van der Waals surface area contributed by atoms with Gasteiger partial charge in [0.1, 0.15) is 12.4 Å². The molecule has 0 spiro atoms. The number of methoxy groups -OCH3 is 1. The van der Waals surface area contributed by atoms with Crippen LogP contribution >= 0.6 is 0 Å². The maximum Gasteiger partial charge on any atom is 0.248 e. The van der Waals surface area contributed by atoms with E-state index in [0.717, 1.165) is 38.8 Å². The van der Waals surface area contributed by atoms with E-state index in [0.29, 0.717) is 16.9 Å². The zero-order valence-electron chi connectivity index (χ0n) is 23.2. The van der Waals surface area contributed by atoms with Gasteiger partial charge in [-0.05, 0) is 88.7 Å². The van der Waals surface area contributed by atoms with Crippen molar-refractivity contribution in [3.63, 3.8) is 0 Å². The first-order valence-corrected chi connectivity index (χ1v) is 14.9. The maximum atomic E-state index is 13.1. The number of aryl methyl sites for hydroxylation is 2. The summed E-state index contributed by atoms with van der Waals surface area (Å²) in [6.07, 6.45) is 6.68. The summed E-state index contributed by atoms with van der Waals surface area (Å²) in [5.74, 6) is 0.548. The van der Waals surface area contributed by atoms with Crippen LogP contribution in [0.5, 0.6) is 5.75 Å². The molecule has 0 atom stereocenters. The largest absolute Gasteiger partial charge is 0.497 e. The fraction of sp³-hybridized carbons (Fsp3) is 0.741. The Morgan fingerprint density at radius 3 is 2.24 bits per heavy atom. The van der Waals surface area contributed by atoms with Crippen LogP contribution in [0.1, 0.15) is 49.7 Å². The summed E-state index contributed by atoms with van der Waals surface area (Å²) in [6, 6.07) is 3.62. The average Bonchev–Trinajstić information content (AvgIpc) is 3.39. The van der Waals surface area contributed by atoms with Gasteiger partial charge in [0, 0.05) is 33.2 Å². The van der Waals surface area contributed by atoms with Crippen molar-refractivity contribution in [2.45, 2.75) is 69.4 Å². The Bertz CT molecular complexity index is 965. The molecule has 3 rings (SSSR count). The van der Waals surface area contributed by atoms with Gasteiger partial charge in [0.15, 0.2) is 0 Å². The lowest BCUT2D eigenvalue weighted by Gasteiger charge is -2.34. The van der Waals surface area contributed by atoms with Gasteiger partial charge < -0.3 is 24.0 Å². The van der Waals surface area contributed by atoms with E-state index < -0.39 is 10.0 Å². The van der Waals surface area contributed by atoms with Crippen molar-refractivity contribution in [1.29, 1.82) is 0 Å². The standard InChI is InChI=1S/C27H45N3O6S/c1-21-18-25(34-5)19-22(2)27(21)37(32,33)28(3)14-16-35-20-26(31)29(4)23-8-10-24(11-9-23)36-17-15-30-12-6-7-13-30/h18-19,23-24H,6-17,20H2,1-5H3/t23-,24-. The fourth-order valence-corrected chi connectivity index (χ4v) is 6.88. The molecule has 9 nitrogen and oxygen atoms in total. The van der Waals surface area contributed by atoms with Crippen LogP contribution in [0.15, 0.2) is 17.0 Å². The first-order valence-electron chi connectivity index (χ1n) is 13.4. The molecule has 1 aromatic carbocycles. The van der Waals surface area contributed by atoms with Crippen molar-refractivity contribution >= 4 is 15.9 Å². The Kier molecular flexibility index (Phi) is 11.2. The molecular weight excluding hydrogens is 494 g/mol. The molecule has 1 amide bonds. The predicted molar refractivity (Wildman–Crippen MR) is 144 cm³/mol. The summed E-state index contributed by atoms with van der Waals surface area (Å²) >= 11 is 0. The van der Waals surface area contributed by atoms with Crippen LogP contribution in [0.4, 0.5) is 0 Å². The molecule has 1 aliphatic heterocycles. The minimum absolute atomic E-state index is 0.0583. The van der Waals surface area contributed by atoms with Crippen LogP contribution < -0.4 is 4.74 Å². The molecule has 2 fully saturated rings. The zero-order valence-corrected chi connectivity index (χ0v) is 24.0. The summed E-state index contributed by atoms with van der Waals surface area (Å²) < 4.78 is 44.4. The van der Waals surface area contributed by atoms with E-state index in [1.165, 1.54) is 37.3 Å². The molecule has 0 aromatic heterocycles. The number of sulfonamides is 1. The zero-order chi connectivity index (χ0) is 27.0. The SMILES string of the molecule is COc1cc(C)c(S(=O)(=O)N(C)CCOCC(=O)N(C)[C@H]2CC[C@H](OCCN3CCCC3)CC2)c(C)c1. The molecule has 1 saturated heterocycles. The third kappa shape index (κ3) is 8.13. The number of rotatable bonds is 13. The number of carbonyl (C=O) groups excluding carboxylic acids is 1. The van der Waals surface area contributed by atoms with Crippen molar-refractivity contribution in [2.75, 3.05) is 67.2 Å². The van der Waals surface area contributed by atoms with Gasteiger partial charge in [-0.25, -0.2) is 8.42 Å². The summed E-state index contributed by atoms with van der Waals surface area (Å²) in [4.78, 5) is 17.2. The van der Waals surface area contributed by atoms with E-state index in [4.69, 9.17) is 14.2 Å². The maximum absolute atomic E-state index is 13.1. The van der Waals surface area contributed by atoms with E-state index in [1.807, 2.05) is 7.05 Å². The Morgan fingerprint density at radius 1 is 1.03 bits per heavy atom. The highest BCUT2D eigenvalue weighted by Gasteiger charge is 2.28. The van der Waals surface area contributed by atoms with Crippen molar-refractivity contribution in [1.82, 2.24) is 14.1 Å². The highest BCUT2D eigenvalue weighted by Crippen LogP contribution is 2.28. The quantitative estimate of drug-likeness (QED) is 0.356. The second-order valence-corrected chi connectivity index (χ2v) is 12.3. The molecule has 1 aliphatic carbocycles. The molecule has 1 aromatic rings. The monoisotopic (exact) mass is 539 g/mol. The topological polar surface area (TPSA) is 88.6 Å². The Balaban J connectivity index is 1.36. The van der Waals surface area contributed by atoms with Gasteiger partial charge in [-0.2, -0.15) is 4.31 Å². The molecule has 2 aliphatic rings. The van der Waals surface area contributed by atoms with Gasteiger partial charge in [0.2, 0.25) is 15.9 Å². The summed E-state index contributed by atoms with van der Waals surface area (Å²) in [6.45, 7) is 7.96. The Morgan fingerprint density at radius 2 is 1.65 bits per heavy atom. The number of likely N-dealkylation sites (N-methyl/N-ethyl adjacent to an activating group) is 2. The minimum Gasteiger partial charge on any atom is -0.497 e. The lowest BCUT2D eigenvalue weighted by Crippen LogP contribution is -2.42. The number of nitrogens with zero attached hydrogens (tertiary/aromatic N) is 3. The number of amides is 1. The molecular formula is C27H45N3O6S. The van der Waals surface area contributed by atoms with Crippen LogP contribution in [0.2, 0.25) is 0 Å². The van der Waals surface area contributed by atoms with Gasteiger partial charge in [-0.1, -0.05) is 0 Å². The smallest absolute Gasteiger partial charge is 0.248 e. The Hall–Kier alpha value is -1.72. The van der Waals surface area contributed by atoms with Crippen LogP contribution in [0.3, 0.4) is 0 Å². The van der Waals surface area contributed by atoms with Gasteiger partial charge in [0.05, 0.1) is 31.3 Å². The molecule has 37 heavy (non-hydrogen) atoms. The number of hydrogen-bond acceptors (Lipinski definition) is 7. The third-order valence-electron chi connectivity index (χ3n) is 7.66. The van der Waals surface area contributed by atoms with Crippen LogP contribution in [0.25, 0.3) is 0 Å². The highest BCUT2D eigenvalue weighted by molar-refractivity contribution is 7.89. The van der Waals surface area contributed by atoms with E-state index in [1.54, 1.807) is 38.0 Å². The van der Waals surface area contributed by atoms with Crippen molar-refractivity contribution in [2.24, 2.45) is 0 Å². The molecule has 10 heteroatoms. The van der Waals surface area contributed by atoms with Crippen molar-refractivity contribution in [3.05, 3.63) is 23.3 Å². The number of hydrogen-bond donors (Lipinski definition) is 0. The molecule has 1 heterocycles. The number of carbonyl (C=O) groups is 1. The lowest BCUT2D eigenvalue weighted by atomic mass is 9.92.